The first-order valence-corrected chi connectivity index (χ1v) is 9.58. The Bertz CT molecular complexity index is 1010. The molecular formula is C19H22N4O2S. The van der Waals surface area contributed by atoms with Gasteiger partial charge in [-0.3, -0.25) is 9.59 Å². The number of nitrogens with one attached hydrogen (secondary N) is 1. The summed E-state index contributed by atoms with van der Waals surface area (Å²) in [6.45, 7) is 4.21. The summed E-state index contributed by atoms with van der Waals surface area (Å²) in [7, 11) is 1.60. The molecule has 6 nitrogen and oxygen atoms in total. The van der Waals surface area contributed by atoms with Crippen molar-refractivity contribution < 1.29 is 4.79 Å². The van der Waals surface area contributed by atoms with Gasteiger partial charge in [0, 0.05) is 17.3 Å². The van der Waals surface area contributed by atoms with E-state index < -0.39 is 0 Å². The highest BCUT2D eigenvalue weighted by atomic mass is 32.1. The van der Waals surface area contributed by atoms with E-state index in [1.807, 2.05) is 18.2 Å². The monoisotopic (exact) mass is 370 g/mol. The van der Waals surface area contributed by atoms with Crippen molar-refractivity contribution in [1.82, 2.24) is 14.8 Å². The van der Waals surface area contributed by atoms with Crippen LogP contribution in [0.15, 0.2) is 29.1 Å². The molecule has 0 aliphatic carbocycles. The molecule has 0 unspecified atom stereocenters. The quantitative estimate of drug-likeness (QED) is 0.723. The second kappa shape index (κ2) is 7.78. The van der Waals surface area contributed by atoms with E-state index >= 15 is 0 Å². The summed E-state index contributed by atoms with van der Waals surface area (Å²) in [5.41, 5.74) is 1.49. The molecule has 136 valence electrons. The third-order valence-corrected chi connectivity index (χ3v) is 5.35. The number of aryl methyl sites for hydroxylation is 3. The second-order valence-corrected chi connectivity index (χ2v) is 7.22. The Kier molecular flexibility index (Phi) is 5.46. The number of carbonyl (C=O) groups excluding carboxylic acids is 1. The van der Waals surface area contributed by atoms with Crippen LogP contribution in [-0.4, -0.2) is 20.7 Å². The van der Waals surface area contributed by atoms with Crippen molar-refractivity contribution in [2.24, 2.45) is 7.05 Å². The third-order valence-electron chi connectivity index (χ3n) is 4.19. The van der Waals surface area contributed by atoms with Gasteiger partial charge < -0.3 is 5.32 Å². The summed E-state index contributed by atoms with van der Waals surface area (Å²) in [6, 6.07) is 7.23. The highest BCUT2D eigenvalue weighted by molar-refractivity contribution is 7.15. The third kappa shape index (κ3) is 3.67. The Morgan fingerprint density at radius 2 is 1.92 bits per heavy atom. The molecule has 0 saturated carbocycles. The first kappa shape index (κ1) is 18.3. The van der Waals surface area contributed by atoms with Crippen molar-refractivity contribution in [3.8, 4) is 0 Å². The van der Waals surface area contributed by atoms with Gasteiger partial charge in [0.15, 0.2) is 5.13 Å². The standard InChI is InChI=1S/C19H22N4O2S/c1-4-8-14-16(5-2)26-19(20-14)21-17(24)11-15-12-9-6-7-10-13(12)18(25)23(3)22-15/h6-7,9-10H,4-5,8,11H2,1-3H3,(H,20,21,24). The van der Waals surface area contributed by atoms with Gasteiger partial charge in [0.05, 0.1) is 23.2 Å². The predicted molar refractivity (Wildman–Crippen MR) is 105 cm³/mol. The molecular weight excluding hydrogens is 348 g/mol. The minimum absolute atomic E-state index is 0.0960. The molecule has 0 radical (unpaired) electrons. The van der Waals surface area contributed by atoms with Gasteiger partial charge in [-0.15, -0.1) is 11.3 Å². The van der Waals surface area contributed by atoms with Gasteiger partial charge in [0.1, 0.15) is 0 Å². The summed E-state index contributed by atoms with van der Waals surface area (Å²) in [5, 5.41) is 9.07. The van der Waals surface area contributed by atoms with E-state index in [9.17, 15) is 9.59 Å². The lowest BCUT2D eigenvalue weighted by Gasteiger charge is -2.07. The maximum absolute atomic E-state index is 12.5. The van der Waals surface area contributed by atoms with E-state index in [1.54, 1.807) is 13.1 Å². The Morgan fingerprint density at radius 3 is 2.62 bits per heavy atom. The Balaban J connectivity index is 1.84. The smallest absolute Gasteiger partial charge is 0.274 e. The molecule has 0 saturated heterocycles. The number of amides is 1. The number of fused-ring (bicyclic) bond motifs is 1. The Hall–Kier alpha value is -2.54. The fraction of sp³-hybridized carbons (Fsp3) is 0.368. The van der Waals surface area contributed by atoms with E-state index in [-0.39, 0.29) is 17.9 Å². The number of aromatic nitrogens is 3. The predicted octanol–water partition coefficient (Wildman–Crippen LogP) is 3.09. The molecule has 1 amide bonds. The number of anilines is 1. The van der Waals surface area contributed by atoms with Gasteiger partial charge in [0.25, 0.3) is 5.56 Å². The van der Waals surface area contributed by atoms with Crippen LogP contribution in [0.4, 0.5) is 5.13 Å². The van der Waals surface area contributed by atoms with Crippen LogP contribution >= 0.6 is 11.3 Å². The molecule has 7 heteroatoms. The lowest BCUT2D eigenvalue weighted by atomic mass is 10.1. The lowest BCUT2D eigenvalue weighted by molar-refractivity contribution is -0.115. The zero-order valence-corrected chi connectivity index (χ0v) is 16.0. The first-order valence-electron chi connectivity index (χ1n) is 8.76. The molecule has 26 heavy (non-hydrogen) atoms. The molecule has 2 aromatic heterocycles. The number of hydrogen-bond acceptors (Lipinski definition) is 5. The normalized spacial score (nSPS) is 11.0. The van der Waals surface area contributed by atoms with Gasteiger partial charge in [-0.1, -0.05) is 38.5 Å². The molecule has 0 fully saturated rings. The number of benzene rings is 1. The summed E-state index contributed by atoms with van der Waals surface area (Å²) in [6.07, 6.45) is 2.95. The van der Waals surface area contributed by atoms with Crippen LogP contribution in [-0.2, 0) is 31.1 Å². The fourth-order valence-electron chi connectivity index (χ4n) is 2.97. The van der Waals surface area contributed by atoms with Crippen molar-refractivity contribution in [3.05, 3.63) is 50.9 Å². The van der Waals surface area contributed by atoms with E-state index in [0.717, 1.165) is 25.0 Å². The summed E-state index contributed by atoms with van der Waals surface area (Å²) < 4.78 is 1.28. The molecule has 0 atom stereocenters. The van der Waals surface area contributed by atoms with Crippen LogP contribution in [0.1, 0.15) is 36.5 Å². The van der Waals surface area contributed by atoms with Crippen molar-refractivity contribution in [2.75, 3.05) is 5.32 Å². The topological polar surface area (TPSA) is 76.9 Å². The van der Waals surface area contributed by atoms with Crippen molar-refractivity contribution in [2.45, 2.75) is 39.5 Å². The van der Waals surface area contributed by atoms with Gasteiger partial charge in [-0.2, -0.15) is 5.10 Å². The molecule has 2 heterocycles. The SMILES string of the molecule is CCCc1nc(NC(=O)Cc2nn(C)c(=O)c3ccccc23)sc1CC. The average Bonchev–Trinajstić information content (AvgIpc) is 3.01. The zero-order valence-electron chi connectivity index (χ0n) is 15.2. The van der Waals surface area contributed by atoms with Gasteiger partial charge in [0.2, 0.25) is 5.91 Å². The lowest BCUT2D eigenvalue weighted by Crippen LogP contribution is -2.24. The summed E-state index contributed by atoms with van der Waals surface area (Å²) >= 11 is 1.53. The average molecular weight is 370 g/mol. The first-order chi connectivity index (χ1) is 12.5. The molecule has 3 rings (SSSR count). The van der Waals surface area contributed by atoms with Crippen LogP contribution in [0.5, 0.6) is 0 Å². The summed E-state index contributed by atoms with van der Waals surface area (Å²) in [5.74, 6) is -0.180. The van der Waals surface area contributed by atoms with E-state index in [2.05, 4.69) is 29.2 Å². The zero-order chi connectivity index (χ0) is 18.7. The van der Waals surface area contributed by atoms with Crippen LogP contribution in [0, 0.1) is 0 Å². The molecule has 0 aliphatic heterocycles. The van der Waals surface area contributed by atoms with E-state index in [4.69, 9.17) is 0 Å². The van der Waals surface area contributed by atoms with Crippen LogP contribution < -0.4 is 10.9 Å². The van der Waals surface area contributed by atoms with Gasteiger partial charge >= 0.3 is 0 Å². The van der Waals surface area contributed by atoms with Crippen molar-refractivity contribution in [1.29, 1.82) is 0 Å². The number of nitrogens with zero attached hydrogens (tertiary/aromatic N) is 3. The maximum atomic E-state index is 12.5. The van der Waals surface area contributed by atoms with Gasteiger partial charge in [-0.05, 0) is 18.9 Å². The summed E-state index contributed by atoms with van der Waals surface area (Å²) in [4.78, 5) is 30.5. The molecule has 3 aromatic rings. The number of hydrogen-bond donors (Lipinski definition) is 1. The Labute approximate surface area is 155 Å². The van der Waals surface area contributed by atoms with Crippen molar-refractivity contribution in [3.63, 3.8) is 0 Å². The molecule has 0 spiro atoms. The van der Waals surface area contributed by atoms with Gasteiger partial charge in [-0.25, -0.2) is 9.67 Å². The highest BCUT2D eigenvalue weighted by Gasteiger charge is 2.15. The Morgan fingerprint density at radius 1 is 1.19 bits per heavy atom. The van der Waals surface area contributed by atoms with E-state index in [0.29, 0.717) is 21.6 Å². The largest absolute Gasteiger partial charge is 0.302 e. The molecule has 0 bridgehead atoms. The maximum Gasteiger partial charge on any atom is 0.274 e. The number of carbonyl (C=O) groups is 1. The fourth-order valence-corrected chi connectivity index (χ4v) is 3.93. The van der Waals surface area contributed by atoms with Crippen molar-refractivity contribution >= 4 is 33.1 Å². The van der Waals surface area contributed by atoms with Crippen LogP contribution in [0.25, 0.3) is 10.8 Å². The molecule has 0 aliphatic rings. The second-order valence-electron chi connectivity index (χ2n) is 6.14. The van der Waals surface area contributed by atoms with Crippen LogP contribution in [0.3, 0.4) is 0 Å². The number of thiazole rings is 1. The highest BCUT2D eigenvalue weighted by Crippen LogP contribution is 2.25. The number of rotatable bonds is 6. The molecule has 1 N–H and O–H groups in total. The minimum Gasteiger partial charge on any atom is -0.302 e. The van der Waals surface area contributed by atoms with E-state index in [1.165, 1.54) is 20.9 Å². The molecule has 1 aromatic carbocycles. The minimum atomic E-state index is -0.180. The van der Waals surface area contributed by atoms with Crippen LogP contribution in [0.2, 0.25) is 0 Å².